The fourth-order valence-corrected chi connectivity index (χ4v) is 4.13. The third-order valence-corrected chi connectivity index (χ3v) is 5.67. The lowest BCUT2D eigenvalue weighted by molar-refractivity contribution is 0.175. The van der Waals surface area contributed by atoms with Crippen molar-refractivity contribution in [2.45, 2.75) is 51.6 Å². The molecule has 29 heavy (non-hydrogen) atoms. The Morgan fingerprint density at radius 1 is 1.24 bits per heavy atom. The molecule has 1 aliphatic rings. The molecule has 3 unspecified atom stereocenters. The Morgan fingerprint density at radius 3 is 2.59 bits per heavy atom. The van der Waals surface area contributed by atoms with Gasteiger partial charge < -0.3 is 25.3 Å². The predicted molar refractivity (Wildman–Crippen MR) is 110 cm³/mol. The van der Waals surface area contributed by atoms with Crippen molar-refractivity contribution in [1.82, 2.24) is 0 Å². The van der Waals surface area contributed by atoms with Crippen LogP contribution in [0.5, 0.6) is 5.75 Å². The molecule has 0 spiro atoms. The third kappa shape index (κ3) is 6.18. The molecule has 0 aromatic heterocycles. The lowest BCUT2D eigenvalue weighted by atomic mass is 9.83. The molecular formula is C20H28NO7P. The molecule has 0 bridgehead atoms. The smallest absolute Gasteiger partial charge is 0.451 e. The highest BCUT2D eigenvalue weighted by Crippen LogP contribution is 2.46. The quantitative estimate of drug-likeness (QED) is 0.294. The molecule has 160 valence electrons. The van der Waals surface area contributed by atoms with Crippen molar-refractivity contribution in [3.8, 4) is 5.75 Å². The SMILES string of the molecule is CCCCOP(=O)(O)N=C1CC(O)=CC(O)=C1C(O)C(CC)c1cccc(O)c1. The molecule has 1 aliphatic carbocycles. The summed E-state index contributed by atoms with van der Waals surface area (Å²) in [5.41, 5.74) is 0.465. The summed E-state index contributed by atoms with van der Waals surface area (Å²) in [4.78, 5) is 10.0. The first kappa shape index (κ1) is 23.2. The van der Waals surface area contributed by atoms with Crippen molar-refractivity contribution in [2.24, 2.45) is 4.76 Å². The summed E-state index contributed by atoms with van der Waals surface area (Å²) in [6, 6.07) is 6.38. The van der Waals surface area contributed by atoms with E-state index in [-0.39, 0.29) is 35.8 Å². The summed E-state index contributed by atoms with van der Waals surface area (Å²) >= 11 is 0. The van der Waals surface area contributed by atoms with Crippen molar-refractivity contribution in [3.63, 3.8) is 0 Å². The van der Waals surface area contributed by atoms with Crippen LogP contribution in [0, 0.1) is 0 Å². The Balaban J connectivity index is 2.42. The lowest BCUT2D eigenvalue weighted by Crippen LogP contribution is -2.28. The largest absolute Gasteiger partial charge is 0.512 e. The highest BCUT2D eigenvalue weighted by atomic mass is 31.2. The van der Waals surface area contributed by atoms with E-state index in [0.717, 1.165) is 12.5 Å². The Hall–Kier alpha value is -2.12. The molecule has 0 saturated carbocycles. The van der Waals surface area contributed by atoms with E-state index in [9.17, 15) is 29.9 Å². The minimum Gasteiger partial charge on any atom is -0.512 e. The van der Waals surface area contributed by atoms with Crippen LogP contribution >= 0.6 is 7.75 Å². The number of aliphatic hydroxyl groups is 3. The van der Waals surface area contributed by atoms with Crippen molar-refractivity contribution in [3.05, 3.63) is 53.0 Å². The molecule has 8 nitrogen and oxygen atoms in total. The Kier molecular flexibility index (Phi) is 8.05. The number of allylic oxidation sites excluding steroid dienone is 2. The number of aromatic hydroxyl groups is 1. The maximum absolute atomic E-state index is 12.3. The van der Waals surface area contributed by atoms with Crippen LogP contribution in [-0.2, 0) is 9.09 Å². The summed E-state index contributed by atoms with van der Waals surface area (Å²) in [6.45, 7) is 3.77. The fourth-order valence-electron chi connectivity index (χ4n) is 3.22. The molecular weight excluding hydrogens is 397 g/mol. The van der Waals surface area contributed by atoms with Crippen LogP contribution in [0.2, 0.25) is 0 Å². The standard InChI is InChI=1S/C20H28NO7P/c1-3-5-9-28-29(26,27)21-17-11-15(23)12-18(24)19(17)20(25)16(4-2)13-7-6-8-14(22)10-13/h6-8,10,12,16,20,22-25H,3-5,9,11H2,1-2H3,(H,26,27). The van der Waals surface area contributed by atoms with E-state index in [1.807, 2.05) is 13.8 Å². The zero-order valence-electron chi connectivity index (χ0n) is 16.5. The zero-order chi connectivity index (χ0) is 21.6. The lowest BCUT2D eigenvalue weighted by Gasteiger charge is -2.28. The molecule has 0 aliphatic heterocycles. The van der Waals surface area contributed by atoms with E-state index in [0.29, 0.717) is 18.4 Å². The Morgan fingerprint density at radius 2 is 1.97 bits per heavy atom. The zero-order valence-corrected chi connectivity index (χ0v) is 17.4. The van der Waals surface area contributed by atoms with Crippen molar-refractivity contribution in [2.75, 3.05) is 6.61 Å². The first-order valence-corrected chi connectivity index (χ1v) is 11.1. The fraction of sp³-hybridized carbons (Fsp3) is 0.450. The molecule has 0 saturated heterocycles. The van der Waals surface area contributed by atoms with Crippen molar-refractivity contribution >= 4 is 13.5 Å². The second-order valence-corrected chi connectivity index (χ2v) is 8.33. The van der Waals surface area contributed by atoms with Crippen LogP contribution in [0.25, 0.3) is 0 Å². The second-order valence-electron chi connectivity index (χ2n) is 6.89. The first-order valence-electron chi connectivity index (χ1n) is 9.55. The van der Waals surface area contributed by atoms with E-state index in [2.05, 4.69) is 4.76 Å². The topological polar surface area (TPSA) is 140 Å². The summed E-state index contributed by atoms with van der Waals surface area (Å²) in [6.07, 6.45) is 1.36. The van der Waals surface area contributed by atoms with Crippen LogP contribution < -0.4 is 0 Å². The molecule has 1 aromatic rings. The predicted octanol–water partition coefficient (Wildman–Crippen LogP) is 4.26. The van der Waals surface area contributed by atoms with E-state index < -0.39 is 25.5 Å². The molecule has 0 heterocycles. The van der Waals surface area contributed by atoms with Crippen LogP contribution in [0.3, 0.4) is 0 Å². The van der Waals surface area contributed by atoms with E-state index in [1.165, 1.54) is 12.1 Å². The molecule has 3 atom stereocenters. The monoisotopic (exact) mass is 425 g/mol. The molecule has 2 rings (SSSR count). The number of benzene rings is 1. The van der Waals surface area contributed by atoms with Gasteiger partial charge >= 0.3 is 7.75 Å². The number of nitrogens with zero attached hydrogens (tertiary/aromatic N) is 1. The number of phenols is 1. The number of hydrogen-bond donors (Lipinski definition) is 5. The molecule has 5 N–H and O–H groups in total. The number of phenolic OH excluding ortho intramolecular Hbond substituents is 1. The van der Waals surface area contributed by atoms with Gasteiger partial charge in [-0.2, -0.15) is 4.76 Å². The highest BCUT2D eigenvalue weighted by molar-refractivity contribution is 7.51. The molecule has 0 radical (unpaired) electrons. The third-order valence-electron chi connectivity index (χ3n) is 4.66. The van der Waals surface area contributed by atoms with Gasteiger partial charge in [-0.25, -0.2) is 4.57 Å². The molecule has 0 fully saturated rings. The van der Waals surface area contributed by atoms with Gasteiger partial charge in [0.1, 0.15) is 17.3 Å². The number of rotatable bonds is 9. The van der Waals surface area contributed by atoms with Crippen molar-refractivity contribution < 1.29 is 34.4 Å². The number of unbranched alkanes of at least 4 members (excludes halogenated alkanes) is 1. The van der Waals surface area contributed by atoms with Gasteiger partial charge in [-0.05, 0) is 30.5 Å². The molecule has 0 amide bonds. The van der Waals surface area contributed by atoms with Gasteiger partial charge in [-0.15, -0.1) is 0 Å². The van der Waals surface area contributed by atoms with E-state index in [4.69, 9.17) is 4.52 Å². The van der Waals surface area contributed by atoms with Gasteiger partial charge in [0, 0.05) is 24.0 Å². The first-order chi connectivity index (χ1) is 13.7. The Bertz CT molecular complexity index is 862. The maximum Gasteiger partial charge on any atom is 0.451 e. The van der Waals surface area contributed by atoms with Gasteiger partial charge in [0.15, 0.2) is 0 Å². The normalized spacial score (nSPS) is 20.3. The summed E-state index contributed by atoms with van der Waals surface area (Å²) in [5.74, 6) is -1.19. The number of aliphatic hydroxyl groups excluding tert-OH is 3. The average molecular weight is 425 g/mol. The number of hydrogen-bond acceptors (Lipinski definition) is 6. The molecule has 1 aromatic carbocycles. The van der Waals surface area contributed by atoms with E-state index in [1.54, 1.807) is 12.1 Å². The summed E-state index contributed by atoms with van der Waals surface area (Å²) in [5, 5.41) is 41.0. The van der Waals surface area contributed by atoms with Gasteiger partial charge in [0.05, 0.1) is 18.4 Å². The minimum atomic E-state index is -4.39. The van der Waals surface area contributed by atoms with Gasteiger partial charge in [0.25, 0.3) is 0 Å². The average Bonchev–Trinajstić information content (AvgIpc) is 2.61. The minimum absolute atomic E-state index is 0.0330. The second kappa shape index (κ2) is 10.1. The molecule has 9 heteroatoms. The van der Waals surface area contributed by atoms with Crippen LogP contribution in [0.4, 0.5) is 0 Å². The summed E-state index contributed by atoms with van der Waals surface area (Å²) < 4.78 is 21.0. The van der Waals surface area contributed by atoms with Crippen LogP contribution in [0.15, 0.2) is 52.2 Å². The Labute approximate surface area is 170 Å². The maximum atomic E-state index is 12.3. The van der Waals surface area contributed by atoms with E-state index >= 15 is 0 Å². The van der Waals surface area contributed by atoms with Gasteiger partial charge in [-0.3, -0.25) is 4.52 Å². The van der Waals surface area contributed by atoms with Crippen molar-refractivity contribution in [1.29, 1.82) is 0 Å². The van der Waals surface area contributed by atoms with Gasteiger partial charge in [0.2, 0.25) is 0 Å². The summed E-state index contributed by atoms with van der Waals surface area (Å²) in [7, 11) is -4.39. The van der Waals surface area contributed by atoms with Gasteiger partial charge in [-0.1, -0.05) is 32.4 Å². The van der Waals surface area contributed by atoms with Crippen LogP contribution in [0.1, 0.15) is 51.0 Å². The highest BCUT2D eigenvalue weighted by Gasteiger charge is 2.33. The van der Waals surface area contributed by atoms with Crippen LogP contribution in [-0.4, -0.2) is 43.7 Å².